The van der Waals surface area contributed by atoms with Crippen LogP contribution in [0.3, 0.4) is 0 Å². The van der Waals surface area contributed by atoms with Crippen molar-refractivity contribution >= 4 is 26.2 Å². The van der Waals surface area contributed by atoms with Crippen LogP contribution in [-0.4, -0.2) is 51.1 Å². The van der Waals surface area contributed by atoms with Crippen molar-refractivity contribution in [1.82, 2.24) is 0 Å². The molecule has 0 amide bonds. The van der Waals surface area contributed by atoms with Crippen LogP contribution in [0.5, 0.6) is 0 Å². The molecule has 0 aromatic heterocycles. The first-order valence-electron chi connectivity index (χ1n) is 7.55. The molecule has 0 aliphatic heterocycles. The summed E-state index contributed by atoms with van der Waals surface area (Å²) < 4.78 is 63.2. The third kappa shape index (κ3) is 13.7. The summed E-state index contributed by atoms with van der Waals surface area (Å²) in [5.74, 6) is -1.52. The molecule has 0 atom stereocenters. The third-order valence-corrected chi connectivity index (χ3v) is 4.92. The van der Waals surface area contributed by atoms with E-state index in [2.05, 4.69) is 0 Å². The Labute approximate surface area is 144 Å². The van der Waals surface area contributed by atoms with Gasteiger partial charge < -0.3 is 4.74 Å². The molecule has 0 unspecified atom stereocenters. The Bertz CT molecular complexity index is 612. The lowest BCUT2D eigenvalue weighted by Crippen LogP contribution is -2.27. The second-order valence-corrected chi connectivity index (χ2v) is 10.7. The number of ether oxygens (including phenoxy) is 1. The Morgan fingerprint density at radius 1 is 1.00 bits per heavy atom. The summed E-state index contributed by atoms with van der Waals surface area (Å²) in [6.45, 7) is 8.66. The summed E-state index contributed by atoms with van der Waals surface area (Å²) in [6.07, 6.45) is 0.262. The minimum absolute atomic E-state index is 0.135. The first-order chi connectivity index (χ1) is 10.5. The summed E-state index contributed by atoms with van der Waals surface area (Å²) in [7, 11) is -8.09. The number of carbonyl (C=O) groups excluding carboxylic acids is 1. The number of esters is 1. The summed E-state index contributed by atoms with van der Waals surface area (Å²) in [4.78, 5) is 11.7. The molecule has 0 heterocycles. The van der Waals surface area contributed by atoms with E-state index in [9.17, 15) is 21.6 Å². The van der Waals surface area contributed by atoms with Gasteiger partial charge in [-0.25, -0.2) is 0 Å². The van der Waals surface area contributed by atoms with Crippen molar-refractivity contribution in [3.63, 3.8) is 0 Å². The van der Waals surface area contributed by atoms with Crippen molar-refractivity contribution in [2.45, 2.75) is 59.5 Å². The minimum atomic E-state index is -4.19. The van der Waals surface area contributed by atoms with E-state index in [-0.39, 0.29) is 25.4 Å². The molecule has 0 aromatic rings. The molecule has 0 aliphatic carbocycles. The predicted octanol–water partition coefficient (Wildman–Crippen LogP) is 1.76. The van der Waals surface area contributed by atoms with E-state index in [1.165, 1.54) is 0 Å². The van der Waals surface area contributed by atoms with Gasteiger partial charge in [0, 0.05) is 6.42 Å². The quantitative estimate of drug-likeness (QED) is 0.341. The number of hydrogen-bond acceptors (Lipinski definition) is 7. The lowest BCUT2D eigenvalue weighted by atomic mass is 9.89. The average Bonchev–Trinajstić information content (AvgIpc) is 2.31. The van der Waals surface area contributed by atoms with Crippen LogP contribution in [0, 0.1) is 5.41 Å². The van der Waals surface area contributed by atoms with Crippen molar-refractivity contribution < 1.29 is 35.1 Å². The van der Waals surface area contributed by atoms with E-state index in [0.717, 1.165) is 0 Å². The van der Waals surface area contributed by atoms with Gasteiger partial charge in [-0.2, -0.15) is 16.8 Å². The Kier molecular flexibility index (Phi) is 8.34. The molecular weight excluding hydrogens is 360 g/mol. The van der Waals surface area contributed by atoms with Crippen LogP contribution in [0.4, 0.5) is 0 Å². The molecule has 24 heavy (non-hydrogen) atoms. The normalized spacial score (nSPS) is 13.8. The molecule has 144 valence electrons. The molecule has 10 heteroatoms. The molecule has 0 rings (SSSR count). The highest BCUT2D eigenvalue weighted by Gasteiger charge is 2.25. The van der Waals surface area contributed by atoms with Gasteiger partial charge in [-0.1, -0.05) is 13.8 Å². The van der Waals surface area contributed by atoms with E-state index in [1.807, 2.05) is 0 Å². The van der Waals surface area contributed by atoms with Gasteiger partial charge in [-0.3, -0.25) is 13.5 Å². The van der Waals surface area contributed by atoms with Gasteiger partial charge >= 0.3 is 5.97 Å². The Morgan fingerprint density at radius 3 is 2.00 bits per heavy atom. The first kappa shape index (κ1) is 23.3. The zero-order chi connectivity index (χ0) is 19.2. The van der Waals surface area contributed by atoms with Gasteiger partial charge in [0.1, 0.15) is 5.60 Å². The highest BCUT2D eigenvalue weighted by molar-refractivity contribution is 7.87. The van der Waals surface area contributed by atoms with Gasteiger partial charge in [0.25, 0.3) is 20.2 Å². The Hall–Kier alpha value is -0.710. The summed E-state index contributed by atoms with van der Waals surface area (Å²) in [6, 6.07) is 0. The maximum Gasteiger partial charge on any atom is 0.306 e. The first-order valence-corrected chi connectivity index (χ1v) is 10.7. The smallest absolute Gasteiger partial charge is 0.306 e. The molecular formula is C14H28O8S2. The SMILES string of the molecule is CC(C)(CCC(=O)OC(C)(C)C)COS(=O)(=O)CCCS(=O)(=O)O. The van der Waals surface area contributed by atoms with Crippen LogP contribution in [0.2, 0.25) is 0 Å². The Balaban J connectivity index is 4.33. The zero-order valence-corrected chi connectivity index (χ0v) is 16.5. The molecule has 1 N–H and O–H groups in total. The number of hydrogen-bond donors (Lipinski definition) is 1. The van der Waals surface area contributed by atoms with Crippen molar-refractivity contribution in [3.8, 4) is 0 Å². The number of carbonyl (C=O) groups is 1. The maximum atomic E-state index is 11.7. The highest BCUT2D eigenvalue weighted by atomic mass is 32.2. The molecule has 0 aromatic carbocycles. The zero-order valence-electron chi connectivity index (χ0n) is 14.9. The molecule has 0 spiro atoms. The fourth-order valence-electron chi connectivity index (χ4n) is 1.63. The van der Waals surface area contributed by atoms with Gasteiger partial charge in [0.05, 0.1) is 18.1 Å². The van der Waals surface area contributed by atoms with Gasteiger partial charge in [-0.15, -0.1) is 0 Å². The largest absolute Gasteiger partial charge is 0.460 e. The Morgan fingerprint density at radius 2 is 1.54 bits per heavy atom. The van der Waals surface area contributed by atoms with Gasteiger partial charge in [-0.05, 0) is 39.0 Å². The van der Waals surface area contributed by atoms with Crippen LogP contribution < -0.4 is 0 Å². The van der Waals surface area contributed by atoms with Crippen molar-refractivity contribution in [3.05, 3.63) is 0 Å². The van der Waals surface area contributed by atoms with Crippen molar-refractivity contribution in [2.24, 2.45) is 5.41 Å². The molecule has 0 radical (unpaired) electrons. The average molecular weight is 389 g/mol. The lowest BCUT2D eigenvalue weighted by Gasteiger charge is -2.25. The fraction of sp³-hybridized carbons (Fsp3) is 0.929. The maximum absolute atomic E-state index is 11.7. The van der Waals surface area contributed by atoms with E-state index in [0.29, 0.717) is 6.42 Å². The van der Waals surface area contributed by atoms with E-state index in [4.69, 9.17) is 13.5 Å². The number of rotatable bonds is 10. The molecule has 0 saturated carbocycles. The molecule has 8 nitrogen and oxygen atoms in total. The van der Waals surface area contributed by atoms with Gasteiger partial charge in [0.2, 0.25) is 0 Å². The van der Waals surface area contributed by atoms with Crippen LogP contribution in [0.15, 0.2) is 0 Å². The van der Waals surface area contributed by atoms with Crippen LogP contribution in [0.25, 0.3) is 0 Å². The van der Waals surface area contributed by atoms with Crippen molar-refractivity contribution in [1.29, 1.82) is 0 Å². The van der Waals surface area contributed by atoms with E-state index in [1.54, 1.807) is 34.6 Å². The van der Waals surface area contributed by atoms with E-state index >= 15 is 0 Å². The molecule has 0 aliphatic rings. The summed E-state index contributed by atoms with van der Waals surface area (Å²) in [5, 5.41) is 0. The van der Waals surface area contributed by atoms with E-state index < -0.39 is 42.8 Å². The minimum Gasteiger partial charge on any atom is -0.460 e. The topological polar surface area (TPSA) is 124 Å². The lowest BCUT2D eigenvalue weighted by molar-refractivity contribution is -0.155. The van der Waals surface area contributed by atoms with Crippen LogP contribution >= 0.6 is 0 Å². The monoisotopic (exact) mass is 388 g/mol. The van der Waals surface area contributed by atoms with Gasteiger partial charge in [0.15, 0.2) is 0 Å². The molecule has 0 bridgehead atoms. The standard InChI is InChI=1S/C14H28O8S2/c1-13(2,3)22-12(15)7-8-14(4,5)11-21-24(19,20)10-6-9-23(16,17)18/h6-11H2,1-5H3,(H,16,17,18). The molecule has 0 fully saturated rings. The third-order valence-electron chi connectivity index (χ3n) is 2.85. The van der Waals surface area contributed by atoms with Crippen LogP contribution in [0.1, 0.15) is 53.9 Å². The molecule has 0 saturated heterocycles. The van der Waals surface area contributed by atoms with Crippen molar-refractivity contribution in [2.75, 3.05) is 18.1 Å². The predicted molar refractivity (Wildman–Crippen MR) is 89.6 cm³/mol. The summed E-state index contributed by atoms with van der Waals surface area (Å²) >= 11 is 0. The second kappa shape index (κ2) is 8.59. The fourth-order valence-corrected chi connectivity index (χ4v) is 3.44. The highest BCUT2D eigenvalue weighted by Crippen LogP contribution is 2.24. The second-order valence-electron chi connectivity index (χ2n) is 7.41. The van der Waals surface area contributed by atoms with Crippen LogP contribution in [-0.2, 0) is 34.0 Å². The summed E-state index contributed by atoms with van der Waals surface area (Å²) in [5.41, 5.74) is -1.15.